The maximum atomic E-state index is 12.1. The molecule has 0 saturated carbocycles. The Hall–Kier alpha value is -2.09. The highest BCUT2D eigenvalue weighted by Crippen LogP contribution is 2.16. The van der Waals surface area contributed by atoms with Crippen molar-refractivity contribution in [2.75, 3.05) is 23.7 Å². The van der Waals surface area contributed by atoms with Gasteiger partial charge in [0.25, 0.3) is 11.5 Å². The molecule has 8 heteroatoms. The van der Waals surface area contributed by atoms with E-state index in [2.05, 4.69) is 15.2 Å². The topological polar surface area (TPSA) is 99.3 Å². The lowest BCUT2D eigenvalue weighted by Crippen LogP contribution is -2.38. The van der Waals surface area contributed by atoms with E-state index in [9.17, 15) is 18.0 Å². The number of pyridine rings is 1. The van der Waals surface area contributed by atoms with Crippen LogP contribution in [-0.2, 0) is 9.84 Å². The number of anilines is 1. The smallest absolute Gasteiger partial charge is 0.262 e. The van der Waals surface area contributed by atoms with Crippen LogP contribution >= 0.6 is 0 Å². The Balaban J connectivity index is 1.73. The molecule has 2 aliphatic rings. The molecule has 1 aromatic rings. The molecule has 2 aliphatic heterocycles. The molecule has 3 rings (SSSR count). The first-order valence-corrected chi connectivity index (χ1v) is 8.86. The van der Waals surface area contributed by atoms with Crippen LogP contribution in [-0.4, -0.2) is 44.2 Å². The first-order valence-electron chi connectivity index (χ1n) is 7.15. The van der Waals surface area contributed by atoms with Gasteiger partial charge in [0, 0.05) is 18.5 Å². The summed E-state index contributed by atoms with van der Waals surface area (Å²) in [5, 5.41) is 3.62. The Bertz CT molecular complexity index is 776. The molecule has 1 saturated heterocycles. The molecule has 0 aromatic carbocycles. The molecule has 0 aliphatic carbocycles. The monoisotopic (exact) mass is 323 g/mol. The average molecular weight is 323 g/mol. The SMILES string of the molecule is O=C(NC1C=CS(=O)(=O)C1)c1ccc(N2CCCC2)[nH]c1=O. The molecule has 1 atom stereocenters. The van der Waals surface area contributed by atoms with Gasteiger partial charge in [-0.3, -0.25) is 9.59 Å². The normalized spacial score (nSPS) is 22.9. The number of carbonyl (C=O) groups is 1. The fourth-order valence-electron chi connectivity index (χ4n) is 2.70. The van der Waals surface area contributed by atoms with Gasteiger partial charge in [0.1, 0.15) is 11.4 Å². The molecule has 0 bridgehead atoms. The van der Waals surface area contributed by atoms with E-state index in [0.29, 0.717) is 5.82 Å². The molecule has 0 spiro atoms. The fourth-order valence-corrected chi connectivity index (χ4v) is 3.93. The van der Waals surface area contributed by atoms with Crippen molar-refractivity contribution in [2.45, 2.75) is 18.9 Å². The number of hydrogen-bond donors (Lipinski definition) is 2. The molecule has 7 nitrogen and oxygen atoms in total. The number of hydrogen-bond acceptors (Lipinski definition) is 5. The zero-order valence-electron chi connectivity index (χ0n) is 11.9. The van der Waals surface area contributed by atoms with Gasteiger partial charge >= 0.3 is 0 Å². The summed E-state index contributed by atoms with van der Waals surface area (Å²) in [5.74, 6) is -0.0222. The van der Waals surface area contributed by atoms with Crippen LogP contribution in [0.4, 0.5) is 5.82 Å². The highest BCUT2D eigenvalue weighted by Gasteiger charge is 2.24. The van der Waals surface area contributed by atoms with Crippen molar-refractivity contribution in [2.24, 2.45) is 0 Å². The van der Waals surface area contributed by atoms with Crippen molar-refractivity contribution < 1.29 is 13.2 Å². The van der Waals surface area contributed by atoms with E-state index < -0.39 is 27.3 Å². The van der Waals surface area contributed by atoms with Crippen molar-refractivity contribution in [3.63, 3.8) is 0 Å². The molecular weight excluding hydrogens is 306 g/mol. The quantitative estimate of drug-likeness (QED) is 0.817. The summed E-state index contributed by atoms with van der Waals surface area (Å²) in [6, 6.07) is 2.60. The van der Waals surface area contributed by atoms with Gasteiger partial charge in [-0.1, -0.05) is 0 Å². The predicted octanol–water partition coefficient (Wildman–Crippen LogP) is 0.0156. The van der Waals surface area contributed by atoms with Crippen LogP contribution in [0, 0.1) is 0 Å². The van der Waals surface area contributed by atoms with Crippen LogP contribution in [0.2, 0.25) is 0 Å². The Morgan fingerprint density at radius 3 is 2.59 bits per heavy atom. The Morgan fingerprint density at radius 2 is 2.00 bits per heavy atom. The van der Waals surface area contributed by atoms with Crippen molar-refractivity contribution in [3.05, 3.63) is 39.5 Å². The summed E-state index contributed by atoms with van der Waals surface area (Å²) in [5.41, 5.74) is -0.479. The molecular formula is C14H17N3O4S. The third-order valence-corrected chi connectivity index (χ3v) is 5.23. The minimum Gasteiger partial charge on any atom is -0.358 e. The van der Waals surface area contributed by atoms with Crippen LogP contribution in [0.25, 0.3) is 0 Å². The van der Waals surface area contributed by atoms with Gasteiger partial charge in [0.15, 0.2) is 9.84 Å². The number of nitrogens with one attached hydrogen (secondary N) is 2. The summed E-state index contributed by atoms with van der Waals surface area (Å²) in [7, 11) is -3.24. The molecule has 0 radical (unpaired) electrons. The number of aromatic nitrogens is 1. The lowest BCUT2D eigenvalue weighted by atomic mass is 10.2. The van der Waals surface area contributed by atoms with Gasteiger partial charge in [-0.05, 0) is 31.1 Å². The summed E-state index contributed by atoms with van der Waals surface area (Å²) >= 11 is 0. The molecule has 22 heavy (non-hydrogen) atoms. The van der Waals surface area contributed by atoms with E-state index >= 15 is 0 Å². The zero-order chi connectivity index (χ0) is 15.7. The summed E-state index contributed by atoms with van der Waals surface area (Å²) in [4.78, 5) is 28.9. The summed E-state index contributed by atoms with van der Waals surface area (Å²) in [6.07, 6.45) is 3.60. The first kappa shape index (κ1) is 14.8. The molecule has 3 heterocycles. The van der Waals surface area contributed by atoms with Crippen LogP contribution in [0.15, 0.2) is 28.4 Å². The van der Waals surface area contributed by atoms with E-state index in [1.165, 1.54) is 12.1 Å². The number of H-pyrrole nitrogens is 1. The molecule has 118 valence electrons. The Labute approximate surface area is 127 Å². The lowest BCUT2D eigenvalue weighted by Gasteiger charge is -2.17. The average Bonchev–Trinajstić information content (AvgIpc) is 3.08. The second kappa shape index (κ2) is 5.60. The first-order chi connectivity index (χ1) is 10.4. The standard InChI is InChI=1S/C14H17N3O4S/c18-13(15-10-5-8-22(20,21)9-10)11-3-4-12(16-14(11)19)17-6-1-2-7-17/h3-5,8,10H,1-2,6-7,9H2,(H,15,18)(H,16,19). The third kappa shape index (κ3) is 3.06. The van der Waals surface area contributed by atoms with Crippen LogP contribution in [0.1, 0.15) is 23.2 Å². The largest absolute Gasteiger partial charge is 0.358 e. The van der Waals surface area contributed by atoms with Crippen LogP contribution < -0.4 is 15.8 Å². The van der Waals surface area contributed by atoms with E-state index in [4.69, 9.17) is 0 Å². The summed E-state index contributed by atoms with van der Waals surface area (Å²) in [6.45, 7) is 1.79. The molecule has 1 unspecified atom stereocenters. The highest BCUT2D eigenvalue weighted by atomic mass is 32.2. The minimum atomic E-state index is -3.24. The van der Waals surface area contributed by atoms with Gasteiger partial charge < -0.3 is 15.2 Å². The van der Waals surface area contributed by atoms with Crippen molar-refractivity contribution in [3.8, 4) is 0 Å². The van der Waals surface area contributed by atoms with Crippen molar-refractivity contribution in [1.29, 1.82) is 0 Å². The number of amides is 1. The van der Waals surface area contributed by atoms with Crippen LogP contribution in [0.3, 0.4) is 0 Å². The van der Waals surface area contributed by atoms with E-state index in [-0.39, 0.29) is 11.3 Å². The molecule has 1 amide bonds. The number of nitrogens with zero attached hydrogens (tertiary/aromatic N) is 1. The number of carbonyl (C=O) groups excluding carboxylic acids is 1. The zero-order valence-corrected chi connectivity index (χ0v) is 12.7. The molecule has 1 aromatic heterocycles. The van der Waals surface area contributed by atoms with Gasteiger partial charge in [-0.2, -0.15) is 0 Å². The number of rotatable bonds is 3. The molecule has 2 N–H and O–H groups in total. The van der Waals surface area contributed by atoms with Gasteiger partial charge in [0.2, 0.25) is 0 Å². The maximum Gasteiger partial charge on any atom is 0.262 e. The number of aromatic amines is 1. The van der Waals surface area contributed by atoms with Crippen molar-refractivity contribution >= 4 is 21.6 Å². The lowest BCUT2D eigenvalue weighted by molar-refractivity contribution is 0.0946. The van der Waals surface area contributed by atoms with Gasteiger partial charge in [-0.15, -0.1) is 0 Å². The second-order valence-electron chi connectivity index (χ2n) is 5.52. The van der Waals surface area contributed by atoms with E-state index in [1.54, 1.807) is 6.07 Å². The highest BCUT2D eigenvalue weighted by molar-refractivity contribution is 7.94. The van der Waals surface area contributed by atoms with E-state index in [1.807, 2.05) is 0 Å². The minimum absolute atomic E-state index is 0.0133. The third-order valence-electron chi connectivity index (χ3n) is 3.83. The number of sulfone groups is 1. The summed E-state index contributed by atoms with van der Waals surface area (Å²) < 4.78 is 22.6. The van der Waals surface area contributed by atoms with Crippen LogP contribution in [0.5, 0.6) is 0 Å². The predicted molar refractivity (Wildman–Crippen MR) is 82.7 cm³/mol. The fraction of sp³-hybridized carbons (Fsp3) is 0.429. The second-order valence-corrected chi connectivity index (χ2v) is 7.45. The van der Waals surface area contributed by atoms with Gasteiger partial charge in [-0.25, -0.2) is 8.42 Å². The Kier molecular flexibility index (Phi) is 3.78. The van der Waals surface area contributed by atoms with Crippen molar-refractivity contribution in [1.82, 2.24) is 10.3 Å². The van der Waals surface area contributed by atoms with E-state index in [0.717, 1.165) is 31.3 Å². The molecule has 1 fully saturated rings. The maximum absolute atomic E-state index is 12.1. The Morgan fingerprint density at radius 1 is 1.27 bits per heavy atom. The van der Waals surface area contributed by atoms with Gasteiger partial charge in [0.05, 0.1) is 11.8 Å².